The van der Waals surface area contributed by atoms with Gasteiger partial charge in [-0.2, -0.15) is 0 Å². The summed E-state index contributed by atoms with van der Waals surface area (Å²) in [4.78, 5) is 21.7. The molecule has 0 unspecified atom stereocenters. The fourth-order valence-electron chi connectivity index (χ4n) is 3.95. The molecule has 0 aliphatic carbocycles. The Morgan fingerprint density at radius 2 is 2.06 bits per heavy atom. The largest absolute Gasteiger partial charge is 0.444 e. The Labute approximate surface area is 190 Å². The molecule has 1 amide bonds. The van der Waals surface area contributed by atoms with Crippen LogP contribution in [0.5, 0.6) is 0 Å². The molecule has 164 valence electrons. The number of carbonyl (C=O) groups excluding carboxylic acids is 1. The van der Waals surface area contributed by atoms with Crippen molar-refractivity contribution in [1.82, 2.24) is 14.5 Å². The van der Waals surface area contributed by atoms with Gasteiger partial charge in [-0.05, 0) is 44.0 Å². The molecule has 0 radical (unpaired) electrons. The summed E-state index contributed by atoms with van der Waals surface area (Å²) >= 11 is 1.45. The fourth-order valence-corrected chi connectivity index (χ4v) is 5.00. The highest BCUT2D eigenvalue weighted by molar-refractivity contribution is 7.19. The summed E-state index contributed by atoms with van der Waals surface area (Å²) in [5.74, 6) is 0.933. The van der Waals surface area contributed by atoms with E-state index in [2.05, 4.69) is 51.9 Å². The van der Waals surface area contributed by atoms with Crippen LogP contribution in [-0.2, 0) is 29.2 Å². The molecule has 0 saturated heterocycles. The van der Waals surface area contributed by atoms with Gasteiger partial charge in [-0.3, -0.25) is 5.32 Å². The first-order chi connectivity index (χ1) is 15.5. The van der Waals surface area contributed by atoms with Gasteiger partial charge in [-0.25, -0.2) is 14.8 Å². The van der Waals surface area contributed by atoms with Gasteiger partial charge in [0.1, 0.15) is 29.0 Å². The second-order valence-corrected chi connectivity index (χ2v) is 9.01. The van der Waals surface area contributed by atoms with E-state index in [1.807, 2.05) is 25.1 Å². The number of nitrogens with zero attached hydrogens (tertiary/aromatic N) is 3. The monoisotopic (exact) mass is 448 g/mol. The molecule has 0 saturated carbocycles. The van der Waals surface area contributed by atoms with Gasteiger partial charge in [0, 0.05) is 12.1 Å². The summed E-state index contributed by atoms with van der Waals surface area (Å²) < 4.78 is 13.1. The number of carbonyl (C=O) groups is 1. The van der Waals surface area contributed by atoms with Crippen molar-refractivity contribution >= 4 is 33.5 Å². The first-order valence-corrected chi connectivity index (χ1v) is 11.3. The fraction of sp³-hybridized carbons (Fsp3) is 0.292. The van der Waals surface area contributed by atoms with Crippen LogP contribution in [0, 0.1) is 20.8 Å². The summed E-state index contributed by atoms with van der Waals surface area (Å²) in [6.45, 7) is 8.23. The molecule has 1 aliphatic heterocycles. The zero-order valence-corrected chi connectivity index (χ0v) is 19.1. The van der Waals surface area contributed by atoms with Gasteiger partial charge in [-0.1, -0.05) is 41.2 Å². The van der Waals surface area contributed by atoms with Crippen molar-refractivity contribution in [2.24, 2.45) is 0 Å². The lowest BCUT2D eigenvalue weighted by Crippen LogP contribution is -2.16. The highest BCUT2D eigenvalue weighted by Gasteiger charge is 2.16. The number of rotatable bonds is 4. The summed E-state index contributed by atoms with van der Waals surface area (Å²) in [5.41, 5.74) is 7.08. The van der Waals surface area contributed by atoms with Gasteiger partial charge in [0.15, 0.2) is 0 Å². The lowest BCUT2D eigenvalue weighted by molar-refractivity contribution is 0.0830. The van der Waals surface area contributed by atoms with Crippen molar-refractivity contribution in [3.63, 3.8) is 0 Å². The van der Waals surface area contributed by atoms with Gasteiger partial charge >= 0.3 is 6.09 Å². The molecule has 0 bridgehead atoms. The number of ether oxygens (including phenoxy) is 2. The lowest BCUT2D eigenvalue weighted by atomic mass is 10.1. The molecule has 8 heteroatoms. The SMILES string of the molecule is Cc1ccc(-c2nc(C)c(NC(=O)OCc3ccc4c(c3)nc3n4CCOC3)s2)c(C)c1. The number of imidazole rings is 1. The minimum absolute atomic E-state index is 0.169. The Bertz CT molecular complexity index is 1320. The van der Waals surface area contributed by atoms with E-state index in [1.54, 1.807) is 0 Å². The number of amides is 1. The maximum atomic E-state index is 12.4. The smallest absolute Gasteiger partial charge is 0.412 e. The number of nitrogens with one attached hydrogen (secondary N) is 1. The van der Waals surface area contributed by atoms with Gasteiger partial charge in [0.2, 0.25) is 0 Å². The van der Waals surface area contributed by atoms with Crippen LogP contribution in [0.4, 0.5) is 9.80 Å². The molecule has 32 heavy (non-hydrogen) atoms. The van der Waals surface area contributed by atoms with Crippen LogP contribution in [-0.4, -0.2) is 27.2 Å². The van der Waals surface area contributed by atoms with Crippen molar-refractivity contribution in [2.75, 3.05) is 11.9 Å². The van der Waals surface area contributed by atoms with Crippen molar-refractivity contribution < 1.29 is 14.3 Å². The van der Waals surface area contributed by atoms with E-state index in [1.165, 1.54) is 16.9 Å². The quantitative estimate of drug-likeness (QED) is 0.454. The minimum atomic E-state index is -0.499. The van der Waals surface area contributed by atoms with E-state index in [9.17, 15) is 4.79 Å². The van der Waals surface area contributed by atoms with Crippen LogP contribution in [0.1, 0.15) is 28.2 Å². The highest BCUT2D eigenvalue weighted by Crippen LogP contribution is 2.34. The number of hydrogen-bond donors (Lipinski definition) is 1. The first kappa shape index (κ1) is 20.7. The van der Waals surface area contributed by atoms with Gasteiger partial charge in [0.05, 0.1) is 23.3 Å². The summed E-state index contributed by atoms with van der Waals surface area (Å²) in [6.07, 6.45) is -0.499. The number of benzene rings is 2. The molecule has 7 nitrogen and oxygen atoms in total. The molecule has 2 aromatic heterocycles. The van der Waals surface area contributed by atoms with Crippen LogP contribution in [0.15, 0.2) is 36.4 Å². The average Bonchev–Trinajstić information content (AvgIpc) is 3.32. The van der Waals surface area contributed by atoms with Crippen LogP contribution in [0.2, 0.25) is 0 Å². The molecule has 2 aromatic carbocycles. The van der Waals surface area contributed by atoms with E-state index in [0.29, 0.717) is 18.2 Å². The molecular formula is C24H24N4O3S. The predicted molar refractivity (Wildman–Crippen MR) is 125 cm³/mol. The van der Waals surface area contributed by atoms with Gasteiger partial charge in [0.25, 0.3) is 0 Å². The number of hydrogen-bond acceptors (Lipinski definition) is 6. The molecular weight excluding hydrogens is 424 g/mol. The van der Waals surface area contributed by atoms with Gasteiger partial charge in [-0.15, -0.1) is 0 Å². The van der Waals surface area contributed by atoms with E-state index in [4.69, 9.17) is 9.47 Å². The van der Waals surface area contributed by atoms with Crippen molar-refractivity contribution in [1.29, 1.82) is 0 Å². The van der Waals surface area contributed by atoms with Crippen molar-refractivity contribution in [3.8, 4) is 10.6 Å². The number of aromatic nitrogens is 3. The maximum absolute atomic E-state index is 12.4. The molecule has 0 spiro atoms. The standard InChI is InChI=1S/C24H24N4O3S/c1-14-4-6-18(15(2)10-14)23-25-16(3)22(32-23)27-24(29)31-12-17-5-7-20-19(11-17)26-21-13-30-9-8-28(20)21/h4-7,10-11H,8-9,12-13H2,1-3H3,(H,27,29). The Balaban J connectivity index is 1.26. The molecule has 1 aliphatic rings. The molecule has 5 rings (SSSR count). The first-order valence-electron chi connectivity index (χ1n) is 10.5. The zero-order chi connectivity index (χ0) is 22.2. The van der Waals surface area contributed by atoms with Crippen LogP contribution >= 0.6 is 11.3 Å². The summed E-state index contributed by atoms with van der Waals surface area (Å²) in [6, 6.07) is 12.2. The topological polar surface area (TPSA) is 78.3 Å². The summed E-state index contributed by atoms with van der Waals surface area (Å²) in [7, 11) is 0. The predicted octanol–water partition coefficient (Wildman–Crippen LogP) is 5.36. The van der Waals surface area contributed by atoms with Crippen molar-refractivity contribution in [2.45, 2.75) is 40.5 Å². The molecule has 4 aromatic rings. The lowest BCUT2D eigenvalue weighted by Gasteiger charge is -2.14. The number of aryl methyl sites for hydroxylation is 3. The molecule has 1 N–H and O–H groups in total. The Morgan fingerprint density at radius 1 is 1.19 bits per heavy atom. The Hall–Kier alpha value is -3.23. The third-order valence-corrected chi connectivity index (χ3v) is 6.68. The zero-order valence-electron chi connectivity index (χ0n) is 18.3. The molecule has 0 fully saturated rings. The Kier molecular flexibility index (Phi) is 5.40. The third-order valence-electron chi connectivity index (χ3n) is 5.58. The van der Waals surface area contributed by atoms with Crippen LogP contribution in [0.3, 0.4) is 0 Å². The van der Waals surface area contributed by atoms with E-state index >= 15 is 0 Å². The maximum Gasteiger partial charge on any atom is 0.412 e. The van der Waals surface area contributed by atoms with E-state index in [-0.39, 0.29) is 6.61 Å². The normalized spacial score (nSPS) is 13.2. The number of fused-ring (bicyclic) bond motifs is 3. The summed E-state index contributed by atoms with van der Waals surface area (Å²) in [5, 5.41) is 4.42. The van der Waals surface area contributed by atoms with Crippen LogP contribution < -0.4 is 5.32 Å². The number of anilines is 1. The highest BCUT2D eigenvalue weighted by atomic mass is 32.1. The third kappa shape index (κ3) is 3.99. The molecule has 0 atom stereocenters. The van der Waals surface area contributed by atoms with Crippen molar-refractivity contribution in [3.05, 3.63) is 64.6 Å². The van der Waals surface area contributed by atoms with E-state index < -0.39 is 6.09 Å². The molecule has 3 heterocycles. The van der Waals surface area contributed by atoms with E-state index in [0.717, 1.165) is 50.8 Å². The second kappa shape index (κ2) is 8.37. The Morgan fingerprint density at radius 3 is 2.91 bits per heavy atom. The van der Waals surface area contributed by atoms with Gasteiger partial charge < -0.3 is 14.0 Å². The second-order valence-electron chi connectivity index (χ2n) is 8.01. The number of thiazole rings is 1. The minimum Gasteiger partial charge on any atom is -0.444 e. The van der Waals surface area contributed by atoms with Crippen LogP contribution in [0.25, 0.3) is 21.6 Å². The average molecular weight is 449 g/mol.